The third-order valence-corrected chi connectivity index (χ3v) is 3.36. The third-order valence-electron chi connectivity index (χ3n) is 2.49. The minimum atomic E-state index is -0.471. The summed E-state index contributed by atoms with van der Waals surface area (Å²) in [5.74, 6) is -0.327. The Labute approximate surface area is 149 Å². The van der Waals surface area contributed by atoms with Gasteiger partial charge >= 0.3 is 5.97 Å². The molecule has 0 aromatic carbocycles. The second-order valence-electron chi connectivity index (χ2n) is 6.77. The molecule has 0 aliphatic rings. The molecule has 0 rings (SSSR count). The van der Waals surface area contributed by atoms with Gasteiger partial charge in [-0.05, 0) is 54.9 Å². The highest BCUT2D eigenvalue weighted by Gasteiger charge is 2.23. The van der Waals surface area contributed by atoms with Crippen LogP contribution in [0.3, 0.4) is 0 Å². The van der Waals surface area contributed by atoms with Crippen LogP contribution in [0.15, 0.2) is 12.2 Å². The van der Waals surface area contributed by atoms with E-state index >= 15 is 0 Å². The van der Waals surface area contributed by atoms with Crippen LogP contribution in [0.2, 0.25) is 0 Å². The van der Waals surface area contributed by atoms with Crippen molar-refractivity contribution in [1.82, 2.24) is 0 Å². The van der Waals surface area contributed by atoms with Crippen LogP contribution in [0, 0.1) is 0 Å². The van der Waals surface area contributed by atoms with E-state index in [1.165, 1.54) is 6.08 Å². The average Bonchev–Trinajstić information content (AvgIpc) is 2.31. The Bertz CT molecular complexity index is 345. The summed E-state index contributed by atoms with van der Waals surface area (Å²) in [6.45, 7) is 13.6. The molecule has 0 spiro atoms. The number of carbonyl (C=O) groups is 1. The monoisotopic (exact) mass is 426 g/mol. The first-order valence-corrected chi connectivity index (χ1v) is 9.34. The SMILES string of the molecule is CC(C)O[C@@H](C/C=C/C(=O)OC(C)(C)C)[C@@H](CI)OC(C)C. The van der Waals surface area contributed by atoms with Crippen molar-refractivity contribution < 1.29 is 19.0 Å². The van der Waals surface area contributed by atoms with Gasteiger partial charge in [-0.1, -0.05) is 28.7 Å². The molecule has 0 aromatic rings. The molecule has 0 fully saturated rings. The lowest BCUT2D eigenvalue weighted by Gasteiger charge is -2.28. The molecule has 5 heteroatoms. The van der Waals surface area contributed by atoms with Crippen LogP contribution < -0.4 is 0 Å². The molecule has 0 N–H and O–H groups in total. The van der Waals surface area contributed by atoms with E-state index in [1.807, 2.05) is 54.5 Å². The van der Waals surface area contributed by atoms with E-state index in [-0.39, 0.29) is 30.4 Å². The standard InChI is InChI=1S/C17H31IO4/c1-12(2)20-14(15(11-18)21-13(3)4)9-8-10-16(19)22-17(5,6)7/h8,10,12-15H,9,11H2,1-7H3/b10-8+/t14-,15+/m0/s1. The predicted molar refractivity (Wildman–Crippen MR) is 98.5 cm³/mol. The number of alkyl halides is 1. The highest BCUT2D eigenvalue weighted by atomic mass is 127. The number of ether oxygens (including phenoxy) is 3. The van der Waals surface area contributed by atoms with Crippen LogP contribution in [0.4, 0.5) is 0 Å². The zero-order valence-corrected chi connectivity index (χ0v) is 17.0. The molecule has 22 heavy (non-hydrogen) atoms. The van der Waals surface area contributed by atoms with Crippen molar-refractivity contribution in [2.75, 3.05) is 4.43 Å². The second-order valence-corrected chi connectivity index (χ2v) is 7.65. The molecular weight excluding hydrogens is 395 g/mol. The van der Waals surface area contributed by atoms with Crippen molar-refractivity contribution in [3.05, 3.63) is 12.2 Å². The molecule has 0 aliphatic heterocycles. The van der Waals surface area contributed by atoms with E-state index in [0.29, 0.717) is 6.42 Å². The highest BCUT2D eigenvalue weighted by molar-refractivity contribution is 14.1. The fourth-order valence-corrected chi connectivity index (χ4v) is 2.63. The summed E-state index contributed by atoms with van der Waals surface area (Å²) in [6.07, 6.45) is 4.10. The minimum Gasteiger partial charge on any atom is -0.457 e. The number of esters is 1. The lowest BCUT2D eigenvalue weighted by molar-refractivity contribution is -0.148. The molecule has 0 bridgehead atoms. The van der Waals surface area contributed by atoms with Crippen LogP contribution in [0.25, 0.3) is 0 Å². The Morgan fingerprint density at radius 3 is 1.95 bits per heavy atom. The minimum absolute atomic E-state index is 0.00582. The quantitative estimate of drug-likeness (QED) is 0.239. The number of rotatable bonds is 9. The Hall–Kier alpha value is -0.140. The van der Waals surface area contributed by atoms with Gasteiger partial charge in [0, 0.05) is 10.5 Å². The Morgan fingerprint density at radius 2 is 1.55 bits per heavy atom. The largest absolute Gasteiger partial charge is 0.457 e. The Balaban J connectivity index is 4.67. The summed E-state index contributed by atoms with van der Waals surface area (Å²) in [5.41, 5.74) is -0.471. The fourth-order valence-electron chi connectivity index (χ4n) is 1.85. The Morgan fingerprint density at radius 1 is 1.05 bits per heavy atom. The van der Waals surface area contributed by atoms with Crippen LogP contribution in [-0.2, 0) is 19.0 Å². The van der Waals surface area contributed by atoms with Crippen molar-refractivity contribution in [3.8, 4) is 0 Å². The summed E-state index contributed by atoms with van der Waals surface area (Å²) in [6, 6.07) is 0. The summed E-state index contributed by atoms with van der Waals surface area (Å²) in [7, 11) is 0. The second kappa shape index (κ2) is 10.6. The van der Waals surface area contributed by atoms with E-state index in [0.717, 1.165) is 4.43 Å². The normalized spacial score (nSPS) is 15.5. The van der Waals surface area contributed by atoms with Gasteiger partial charge in [-0.25, -0.2) is 4.79 Å². The van der Waals surface area contributed by atoms with E-state index in [9.17, 15) is 4.79 Å². The van der Waals surface area contributed by atoms with E-state index in [4.69, 9.17) is 14.2 Å². The van der Waals surface area contributed by atoms with Gasteiger partial charge in [-0.3, -0.25) is 0 Å². The van der Waals surface area contributed by atoms with Crippen LogP contribution in [0.5, 0.6) is 0 Å². The first-order valence-electron chi connectivity index (χ1n) is 7.81. The maximum Gasteiger partial charge on any atom is 0.330 e. The number of hydrogen-bond acceptors (Lipinski definition) is 4. The molecule has 2 atom stereocenters. The summed E-state index contributed by atoms with van der Waals surface area (Å²) < 4.78 is 18.0. The van der Waals surface area contributed by atoms with Crippen molar-refractivity contribution in [2.45, 2.75) is 84.9 Å². The van der Waals surface area contributed by atoms with Gasteiger partial charge in [0.05, 0.1) is 24.4 Å². The maximum absolute atomic E-state index is 11.7. The van der Waals surface area contributed by atoms with Gasteiger partial charge in [0.15, 0.2) is 0 Å². The smallest absolute Gasteiger partial charge is 0.330 e. The van der Waals surface area contributed by atoms with Gasteiger partial charge < -0.3 is 14.2 Å². The van der Waals surface area contributed by atoms with Gasteiger partial charge in [0.1, 0.15) is 5.60 Å². The molecule has 0 aliphatic carbocycles. The average molecular weight is 426 g/mol. The molecule has 0 radical (unpaired) electrons. The van der Waals surface area contributed by atoms with Gasteiger partial charge in [-0.15, -0.1) is 0 Å². The van der Waals surface area contributed by atoms with Crippen LogP contribution in [-0.4, -0.2) is 40.4 Å². The zero-order chi connectivity index (χ0) is 17.3. The summed E-state index contributed by atoms with van der Waals surface area (Å²) in [4.78, 5) is 11.7. The predicted octanol–water partition coefficient (Wildman–Crippen LogP) is 4.30. The number of hydrogen-bond donors (Lipinski definition) is 0. The molecule has 0 saturated heterocycles. The van der Waals surface area contributed by atoms with Crippen molar-refractivity contribution >= 4 is 28.6 Å². The van der Waals surface area contributed by atoms with Crippen molar-refractivity contribution in [2.24, 2.45) is 0 Å². The third kappa shape index (κ3) is 11.4. The van der Waals surface area contributed by atoms with Gasteiger partial charge in [0.2, 0.25) is 0 Å². The van der Waals surface area contributed by atoms with Crippen LogP contribution >= 0.6 is 22.6 Å². The molecule has 0 aromatic heterocycles. The number of carbonyl (C=O) groups excluding carboxylic acids is 1. The molecule has 130 valence electrons. The summed E-state index contributed by atoms with van der Waals surface area (Å²) in [5, 5.41) is 0. The van der Waals surface area contributed by atoms with Crippen molar-refractivity contribution in [3.63, 3.8) is 0 Å². The van der Waals surface area contributed by atoms with Crippen LogP contribution in [0.1, 0.15) is 54.9 Å². The highest BCUT2D eigenvalue weighted by Crippen LogP contribution is 2.16. The maximum atomic E-state index is 11.7. The Kier molecular flexibility index (Phi) is 10.5. The molecule has 0 unspecified atom stereocenters. The van der Waals surface area contributed by atoms with E-state index in [2.05, 4.69) is 22.6 Å². The van der Waals surface area contributed by atoms with Gasteiger partial charge in [-0.2, -0.15) is 0 Å². The molecule has 0 amide bonds. The topological polar surface area (TPSA) is 44.8 Å². The number of halogens is 1. The molecule has 0 saturated carbocycles. The van der Waals surface area contributed by atoms with Gasteiger partial charge in [0.25, 0.3) is 0 Å². The van der Waals surface area contributed by atoms with Crippen molar-refractivity contribution in [1.29, 1.82) is 0 Å². The zero-order valence-electron chi connectivity index (χ0n) is 14.9. The fraction of sp³-hybridized carbons (Fsp3) is 0.824. The first-order chi connectivity index (χ1) is 10.0. The summed E-state index contributed by atoms with van der Waals surface area (Å²) >= 11 is 2.31. The van der Waals surface area contributed by atoms with E-state index in [1.54, 1.807) is 0 Å². The lowest BCUT2D eigenvalue weighted by Crippen LogP contribution is -2.36. The molecular formula is C17H31IO4. The lowest BCUT2D eigenvalue weighted by atomic mass is 10.1. The molecule has 0 heterocycles. The molecule has 4 nitrogen and oxygen atoms in total. The van der Waals surface area contributed by atoms with E-state index < -0.39 is 5.60 Å². The first kappa shape index (κ1) is 21.9.